The van der Waals surface area contributed by atoms with Gasteiger partial charge < -0.3 is 14.5 Å². The van der Waals surface area contributed by atoms with Gasteiger partial charge in [0.1, 0.15) is 10.6 Å². The number of fused-ring (bicyclic) bond motifs is 1. The Bertz CT molecular complexity index is 694. The molecule has 1 aliphatic heterocycles. The van der Waals surface area contributed by atoms with E-state index in [2.05, 4.69) is 28.8 Å². The highest BCUT2D eigenvalue weighted by Crippen LogP contribution is 2.30. The number of ether oxygens (including phenoxy) is 1. The number of carbonyl (C=O) groups excluding carboxylic acids is 1. The monoisotopic (exact) mass is 348 g/mol. The quantitative estimate of drug-likeness (QED) is 0.805. The molecular formula is C17H24N4O2S. The Morgan fingerprint density at radius 3 is 3.04 bits per heavy atom. The maximum absolute atomic E-state index is 13.0. The fraction of sp³-hybridized carbons (Fsp3) is 0.529. The molecule has 3 heterocycles. The van der Waals surface area contributed by atoms with Gasteiger partial charge in [0, 0.05) is 12.7 Å². The molecule has 1 aliphatic rings. The summed E-state index contributed by atoms with van der Waals surface area (Å²) in [6.07, 6.45) is 2.79. The summed E-state index contributed by atoms with van der Waals surface area (Å²) in [5.41, 5.74) is 1.09. The molecule has 1 atom stereocenters. The van der Waals surface area contributed by atoms with Crippen molar-refractivity contribution in [1.82, 2.24) is 19.6 Å². The Morgan fingerprint density at radius 1 is 1.46 bits per heavy atom. The molecule has 1 amide bonds. The standard InChI is InChI=1S/C17H24N4O2S/c1-4-23-15-7-10-24-16(15)17(22)20-11-13-5-8-18-21(13)14(12-20)6-9-19(2)3/h5,7-8,10,14H,4,6,9,11-12H2,1-3H3/t14-/m1/s1. The smallest absolute Gasteiger partial charge is 0.268 e. The average molecular weight is 348 g/mol. The van der Waals surface area contributed by atoms with Crippen LogP contribution >= 0.6 is 11.3 Å². The van der Waals surface area contributed by atoms with Gasteiger partial charge in [0.25, 0.3) is 5.91 Å². The minimum atomic E-state index is 0.0516. The first kappa shape index (κ1) is 17.0. The molecule has 0 bridgehead atoms. The van der Waals surface area contributed by atoms with Gasteiger partial charge in [0.2, 0.25) is 0 Å². The lowest BCUT2D eigenvalue weighted by atomic mass is 10.1. The van der Waals surface area contributed by atoms with Crippen molar-refractivity contribution in [3.8, 4) is 5.75 Å². The number of carbonyl (C=O) groups is 1. The van der Waals surface area contributed by atoms with Gasteiger partial charge >= 0.3 is 0 Å². The second-order valence-corrected chi connectivity index (χ2v) is 7.16. The van der Waals surface area contributed by atoms with Crippen molar-refractivity contribution in [2.75, 3.05) is 33.8 Å². The summed E-state index contributed by atoms with van der Waals surface area (Å²) in [6, 6.07) is 4.09. The Hall–Kier alpha value is -1.86. The van der Waals surface area contributed by atoms with Crippen LogP contribution in [0.4, 0.5) is 0 Å². The summed E-state index contributed by atoms with van der Waals surface area (Å²) >= 11 is 1.45. The summed E-state index contributed by atoms with van der Waals surface area (Å²) in [7, 11) is 4.13. The van der Waals surface area contributed by atoms with Crippen molar-refractivity contribution < 1.29 is 9.53 Å². The normalized spacial score (nSPS) is 17.2. The molecule has 24 heavy (non-hydrogen) atoms. The molecule has 3 rings (SSSR count). The third kappa shape index (κ3) is 3.47. The minimum Gasteiger partial charge on any atom is -0.492 e. The van der Waals surface area contributed by atoms with Gasteiger partial charge in [0.15, 0.2) is 0 Å². The van der Waals surface area contributed by atoms with Crippen LogP contribution in [-0.4, -0.2) is 59.3 Å². The summed E-state index contributed by atoms with van der Waals surface area (Å²) in [4.78, 5) is 17.8. The molecule has 0 saturated heterocycles. The highest BCUT2D eigenvalue weighted by atomic mass is 32.1. The topological polar surface area (TPSA) is 50.6 Å². The zero-order valence-electron chi connectivity index (χ0n) is 14.4. The third-order valence-corrected chi connectivity index (χ3v) is 5.09. The second kappa shape index (κ2) is 7.36. The molecule has 0 radical (unpaired) electrons. The third-order valence-electron chi connectivity index (χ3n) is 4.20. The van der Waals surface area contributed by atoms with Gasteiger partial charge in [-0.2, -0.15) is 5.10 Å². The number of hydrogen-bond donors (Lipinski definition) is 0. The van der Waals surface area contributed by atoms with E-state index in [-0.39, 0.29) is 11.9 Å². The van der Waals surface area contributed by atoms with Crippen molar-refractivity contribution in [1.29, 1.82) is 0 Å². The molecule has 7 heteroatoms. The Morgan fingerprint density at radius 2 is 2.29 bits per heavy atom. The fourth-order valence-corrected chi connectivity index (χ4v) is 3.83. The van der Waals surface area contributed by atoms with Gasteiger partial charge in [-0.3, -0.25) is 9.48 Å². The van der Waals surface area contributed by atoms with Crippen molar-refractivity contribution in [2.45, 2.75) is 25.9 Å². The Kier molecular flexibility index (Phi) is 5.20. The molecule has 0 saturated carbocycles. The zero-order valence-corrected chi connectivity index (χ0v) is 15.3. The number of thiophene rings is 1. The molecule has 0 unspecified atom stereocenters. The summed E-state index contributed by atoms with van der Waals surface area (Å²) in [5, 5.41) is 6.37. The van der Waals surface area contributed by atoms with E-state index < -0.39 is 0 Å². The molecule has 2 aromatic heterocycles. The van der Waals surface area contributed by atoms with Crippen LogP contribution in [0.3, 0.4) is 0 Å². The van der Waals surface area contributed by atoms with Crippen LogP contribution in [0, 0.1) is 0 Å². The van der Waals surface area contributed by atoms with Crippen LogP contribution in [0.1, 0.15) is 34.8 Å². The van der Waals surface area contributed by atoms with E-state index in [9.17, 15) is 4.79 Å². The van der Waals surface area contributed by atoms with Crippen LogP contribution in [-0.2, 0) is 6.54 Å². The fourth-order valence-electron chi connectivity index (χ4n) is 3.03. The summed E-state index contributed by atoms with van der Waals surface area (Å²) in [6.45, 7) is 4.75. The largest absolute Gasteiger partial charge is 0.492 e. The Balaban J connectivity index is 1.79. The predicted molar refractivity (Wildman–Crippen MR) is 94.7 cm³/mol. The van der Waals surface area contributed by atoms with E-state index in [1.807, 2.05) is 35.5 Å². The number of aromatic nitrogens is 2. The van der Waals surface area contributed by atoms with Gasteiger partial charge in [-0.05, 0) is 51.5 Å². The number of amides is 1. The summed E-state index contributed by atoms with van der Waals surface area (Å²) < 4.78 is 7.66. The molecular weight excluding hydrogens is 324 g/mol. The first-order valence-electron chi connectivity index (χ1n) is 8.26. The zero-order chi connectivity index (χ0) is 17.1. The van der Waals surface area contributed by atoms with Gasteiger partial charge in [-0.25, -0.2) is 0 Å². The van der Waals surface area contributed by atoms with Crippen LogP contribution in [0.2, 0.25) is 0 Å². The maximum atomic E-state index is 13.0. The second-order valence-electron chi connectivity index (χ2n) is 6.25. The number of nitrogens with zero attached hydrogens (tertiary/aromatic N) is 4. The lowest BCUT2D eigenvalue weighted by molar-refractivity contribution is 0.0661. The first-order chi connectivity index (χ1) is 11.6. The van der Waals surface area contributed by atoms with Crippen LogP contribution < -0.4 is 4.74 Å². The SMILES string of the molecule is CCOc1ccsc1C(=O)N1Cc2ccnn2[C@H](CCN(C)C)C1. The van der Waals surface area contributed by atoms with E-state index in [0.29, 0.717) is 30.3 Å². The van der Waals surface area contributed by atoms with Crippen molar-refractivity contribution in [3.05, 3.63) is 34.3 Å². The van der Waals surface area contributed by atoms with E-state index in [1.165, 1.54) is 11.3 Å². The maximum Gasteiger partial charge on any atom is 0.268 e. The highest BCUT2D eigenvalue weighted by Gasteiger charge is 2.30. The summed E-state index contributed by atoms with van der Waals surface area (Å²) in [5.74, 6) is 0.743. The lowest BCUT2D eigenvalue weighted by Gasteiger charge is -2.34. The van der Waals surface area contributed by atoms with E-state index in [4.69, 9.17) is 4.74 Å². The molecule has 0 aliphatic carbocycles. The molecule has 6 nitrogen and oxygen atoms in total. The molecule has 2 aromatic rings. The van der Waals surface area contributed by atoms with Gasteiger partial charge in [-0.1, -0.05) is 0 Å². The van der Waals surface area contributed by atoms with Crippen LogP contribution in [0.15, 0.2) is 23.7 Å². The molecule has 0 aromatic carbocycles. The molecule has 130 valence electrons. The van der Waals surface area contributed by atoms with E-state index in [0.717, 1.165) is 18.7 Å². The minimum absolute atomic E-state index is 0.0516. The van der Waals surface area contributed by atoms with E-state index >= 15 is 0 Å². The molecule has 0 N–H and O–H groups in total. The number of hydrogen-bond acceptors (Lipinski definition) is 5. The van der Waals surface area contributed by atoms with Gasteiger partial charge in [0.05, 0.1) is 24.9 Å². The Labute approximate surface area is 146 Å². The molecule has 0 spiro atoms. The first-order valence-corrected chi connectivity index (χ1v) is 9.14. The average Bonchev–Trinajstić information content (AvgIpc) is 3.20. The van der Waals surface area contributed by atoms with Crippen molar-refractivity contribution in [2.24, 2.45) is 0 Å². The molecule has 0 fully saturated rings. The number of rotatable bonds is 6. The van der Waals surface area contributed by atoms with E-state index in [1.54, 1.807) is 0 Å². The predicted octanol–water partition coefficient (Wildman–Crippen LogP) is 2.49. The van der Waals surface area contributed by atoms with Crippen molar-refractivity contribution in [3.63, 3.8) is 0 Å². The lowest BCUT2D eigenvalue weighted by Crippen LogP contribution is -2.42. The highest BCUT2D eigenvalue weighted by molar-refractivity contribution is 7.12. The van der Waals surface area contributed by atoms with Crippen LogP contribution in [0.5, 0.6) is 5.75 Å². The van der Waals surface area contributed by atoms with Gasteiger partial charge in [-0.15, -0.1) is 11.3 Å². The van der Waals surface area contributed by atoms with Crippen molar-refractivity contribution >= 4 is 17.2 Å². The van der Waals surface area contributed by atoms with Crippen LogP contribution in [0.25, 0.3) is 0 Å².